The van der Waals surface area contributed by atoms with E-state index >= 15 is 0 Å². The molecule has 9 heteroatoms. The molecule has 1 saturated heterocycles. The number of aromatic nitrogens is 2. The topological polar surface area (TPSA) is 72.4 Å². The molecule has 3 rings (SSSR count). The quantitative estimate of drug-likeness (QED) is 0.811. The zero-order chi connectivity index (χ0) is 16.4. The van der Waals surface area contributed by atoms with Gasteiger partial charge >= 0.3 is 12.1 Å². The van der Waals surface area contributed by atoms with Crippen molar-refractivity contribution in [1.29, 1.82) is 0 Å². The highest BCUT2D eigenvalue weighted by Gasteiger charge is 2.40. The van der Waals surface area contributed by atoms with Crippen LogP contribution in [0.3, 0.4) is 0 Å². The number of furan rings is 1. The van der Waals surface area contributed by atoms with Gasteiger partial charge in [-0.15, -0.1) is 0 Å². The number of nitrogens with zero attached hydrogens (tertiary/aromatic N) is 3. The molecule has 1 fully saturated rings. The third-order valence-electron chi connectivity index (χ3n) is 3.48. The molecule has 2 aromatic rings. The first-order valence-corrected chi connectivity index (χ1v) is 6.85. The number of alkyl halides is 3. The first-order valence-electron chi connectivity index (χ1n) is 6.85. The SMILES string of the molecule is O=C(/C=C/c1ccco1)N1CC[C@@H](c2noc(C(F)(F)F)n2)C1. The third-order valence-corrected chi connectivity index (χ3v) is 3.48. The number of rotatable bonds is 3. The Labute approximate surface area is 128 Å². The highest BCUT2D eigenvalue weighted by molar-refractivity contribution is 5.91. The second kappa shape index (κ2) is 5.90. The van der Waals surface area contributed by atoms with Gasteiger partial charge in [-0.25, -0.2) is 0 Å². The first kappa shape index (κ1) is 15.3. The van der Waals surface area contributed by atoms with Crippen LogP contribution in [-0.4, -0.2) is 34.0 Å². The van der Waals surface area contributed by atoms with Gasteiger partial charge in [0.1, 0.15) is 5.76 Å². The predicted molar refractivity (Wildman–Crippen MR) is 71.0 cm³/mol. The fourth-order valence-corrected chi connectivity index (χ4v) is 2.33. The molecule has 1 atom stereocenters. The number of carbonyl (C=O) groups excluding carboxylic acids is 1. The summed E-state index contributed by atoms with van der Waals surface area (Å²) in [5.41, 5.74) is 0. The van der Waals surface area contributed by atoms with E-state index in [0.29, 0.717) is 18.7 Å². The Morgan fingerprint density at radius 1 is 1.43 bits per heavy atom. The van der Waals surface area contributed by atoms with Gasteiger partial charge in [0.25, 0.3) is 0 Å². The Hall–Kier alpha value is -2.58. The van der Waals surface area contributed by atoms with Gasteiger partial charge in [-0.05, 0) is 24.6 Å². The van der Waals surface area contributed by atoms with Crippen molar-refractivity contribution in [1.82, 2.24) is 15.0 Å². The van der Waals surface area contributed by atoms with Crippen LogP contribution in [0, 0.1) is 0 Å². The van der Waals surface area contributed by atoms with E-state index in [1.165, 1.54) is 23.3 Å². The molecule has 0 spiro atoms. The van der Waals surface area contributed by atoms with Crippen LogP contribution in [0.1, 0.15) is 29.8 Å². The van der Waals surface area contributed by atoms with Crippen molar-refractivity contribution < 1.29 is 26.9 Å². The molecule has 23 heavy (non-hydrogen) atoms. The summed E-state index contributed by atoms with van der Waals surface area (Å²) in [7, 11) is 0. The summed E-state index contributed by atoms with van der Waals surface area (Å²) in [6, 6.07) is 3.40. The monoisotopic (exact) mass is 327 g/mol. The van der Waals surface area contributed by atoms with E-state index in [9.17, 15) is 18.0 Å². The second-order valence-electron chi connectivity index (χ2n) is 5.07. The lowest BCUT2D eigenvalue weighted by Gasteiger charge is -2.12. The van der Waals surface area contributed by atoms with E-state index in [4.69, 9.17) is 4.42 Å². The molecule has 6 nitrogen and oxygen atoms in total. The van der Waals surface area contributed by atoms with Gasteiger partial charge in [0.05, 0.1) is 6.26 Å². The lowest BCUT2D eigenvalue weighted by Crippen LogP contribution is -2.26. The minimum atomic E-state index is -4.66. The number of hydrogen-bond donors (Lipinski definition) is 0. The zero-order valence-electron chi connectivity index (χ0n) is 11.8. The van der Waals surface area contributed by atoms with Gasteiger partial charge in [-0.3, -0.25) is 4.79 Å². The molecule has 2 aromatic heterocycles. The zero-order valence-corrected chi connectivity index (χ0v) is 11.8. The summed E-state index contributed by atoms with van der Waals surface area (Å²) in [5.74, 6) is -1.46. The van der Waals surface area contributed by atoms with E-state index in [1.807, 2.05) is 0 Å². The Morgan fingerprint density at radius 3 is 2.91 bits per heavy atom. The summed E-state index contributed by atoms with van der Waals surface area (Å²) >= 11 is 0. The molecular formula is C14H12F3N3O3. The standard InChI is InChI=1S/C14H12F3N3O3/c15-14(16,17)13-18-12(19-23-13)9-5-6-20(8-9)11(21)4-3-10-2-1-7-22-10/h1-4,7,9H,5-6,8H2/b4-3+/t9-/m1/s1. The summed E-state index contributed by atoms with van der Waals surface area (Å²) in [6.07, 6.45) is 0.206. The Balaban J connectivity index is 1.62. The Bertz CT molecular complexity index is 706. The Morgan fingerprint density at radius 2 is 2.26 bits per heavy atom. The maximum absolute atomic E-state index is 12.4. The highest BCUT2D eigenvalue weighted by Crippen LogP contribution is 2.31. The van der Waals surface area contributed by atoms with Gasteiger partial charge in [0.15, 0.2) is 5.82 Å². The van der Waals surface area contributed by atoms with Gasteiger partial charge in [-0.1, -0.05) is 5.16 Å². The second-order valence-corrected chi connectivity index (χ2v) is 5.07. The average molecular weight is 327 g/mol. The molecule has 1 amide bonds. The molecule has 0 aromatic carbocycles. The number of carbonyl (C=O) groups is 1. The maximum Gasteiger partial charge on any atom is 0.471 e. The van der Waals surface area contributed by atoms with E-state index in [1.54, 1.807) is 12.1 Å². The maximum atomic E-state index is 12.4. The molecule has 1 aliphatic rings. The predicted octanol–water partition coefficient (Wildman–Crippen LogP) is 2.71. The molecule has 0 aliphatic carbocycles. The molecule has 0 saturated carbocycles. The van der Waals surface area contributed by atoms with Crippen molar-refractivity contribution in [3.63, 3.8) is 0 Å². The van der Waals surface area contributed by atoms with Crippen LogP contribution in [-0.2, 0) is 11.0 Å². The summed E-state index contributed by atoms with van der Waals surface area (Å²) in [6.45, 7) is 0.667. The molecule has 3 heterocycles. The third kappa shape index (κ3) is 3.43. The van der Waals surface area contributed by atoms with Crippen molar-refractivity contribution in [3.8, 4) is 0 Å². The van der Waals surface area contributed by atoms with Gasteiger partial charge in [0.2, 0.25) is 5.91 Å². The highest BCUT2D eigenvalue weighted by atomic mass is 19.4. The van der Waals surface area contributed by atoms with Crippen LogP contribution >= 0.6 is 0 Å². The van der Waals surface area contributed by atoms with Crippen LogP contribution in [0.4, 0.5) is 13.2 Å². The van der Waals surface area contributed by atoms with Crippen LogP contribution in [0.25, 0.3) is 6.08 Å². The molecule has 0 radical (unpaired) electrons. The summed E-state index contributed by atoms with van der Waals surface area (Å²) in [4.78, 5) is 16.9. The number of likely N-dealkylation sites (tertiary alicyclic amines) is 1. The van der Waals surface area contributed by atoms with Crippen molar-refractivity contribution in [3.05, 3.63) is 41.9 Å². The molecule has 0 bridgehead atoms. The summed E-state index contributed by atoms with van der Waals surface area (Å²) in [5, 5.41) is 3.37. The van der Waals surface area contributed by atoms with Crippen LogP contribution in [0.2, 0.25) is 0 Å². The number of hydrogen-bond acceptors (Lipinski definition) is 5. The molecule has 1 aliphatic heterocycles. The lowest BCUT2D eigenvalue weighted by atomic mass is 10.1. The largest absolute Gasteiger partial charge is 0.471 e. The molecule has 0 unspecified atom stereocenters. The lowest BCUT2D eigenvalue weighted by molar-refractivity contribution is -0.159. The van der Waals surface area contributed by atoms with Gasteiger partial charge in [0, 0.05) is 25.1 Å². The fraction of sp³-hybridized carbons (Fsp3) is 0.357. The average Bonchev–Trinajstić information content (AvgIpc) is 3.22. The van der Waals surface area contributed by atoms with Crippen LogP contribution in [0.15, 0.2) is 33.4 Å². The van der Waals surface area contributed by atoms with Crippen molar-refractivity contribution in [2.45, 2.75) is 18.5 Å². The minimum absolute atomic E-state index is 0.0253. The number of halogens is 3. The summed E-state index contributed by atoms with van der Waals surface area (Å²) < 4.78 is 46.6. The van der Waals surface area contributed by atoms with Crippen LogP contribution in [0.5, 0.6) is 0 Å². The van der Waals surface area contributed by atoms with Crippen molar-refractivity contribution >= 4 is 12.0 Å². The van der Waals surface area contributed by atoms with E-state index < -0.39 is 12.1 Å². The van der Waals surface area contributed by atoms with E-state index in [-0.39, 0.29) is 24.2 Å². The smallest absolute Gasteiger partial charge is 0.465 e. The van der Waals surface area contributed by atoms with Gasteiger partial charge < -0.3 is 13.8 Å². The fourth-order valence-electron chi connectivity index (χ4n) is 2.33. The minimum Gasteiger partial charge on any atom is -0.465 e. The molecule has 0 N–H and O–H groups in total. The first-order chi connectivity index (χ1) is 10.9. The van der Waals surface area contributed by atoms with Crippen molar-refractivity contribution in [2.24, 2.45) is 0 Å². The number of amides is 1. The molecular weight excluding hydrogens is 315 g/mol. The van der Waals surface area contributed by atoms with Crippen molar-refractivity contribution in [2.75, 3.05) is 13.1 Å². The molecule has 122 valence electrons. The Kier molecular flexibility index (Phi) is 3.93. The van der Waals surface area contributed by atoms with E-state index in [2.05, 4.69) is 14.7 Å². The van der Waals surface area contributed by atoms with Crippen LogP contribution < -0.4 is 0 Å². The van der Waals surface area contributed by atoms with Gasteiger partial charge in [-0.2, -0.15) is 18.2 Å². The normalized spacial score (nSPS) is 18.9. The van der Waals surface area contributed by atoms with E-state index in [0.717, 1.165) is 0 Å².